The fraction of sp³-hybridized carbons (Fsp3) is 0.235. The lowest BCUT2D eigenvalue weighted by Gasteiger charge is -2.33. The largest absolute Gasteiger partial charge is 0.398 e. The first-order chi connectivity index (χ1) is 10.1. The summed E-state index contributed by atoms with van der Waals surface area (Å²) in [5.74, 6) is 0.442. The summed E-state index contributed by atoms with van der Waals surface area (Å²) in [5.41, 5.74) is 9.32. The summed E-state index contributed by atoms with van der Waals surface area (Å²) in [7, 11) is 0. The Morgan fingerprint density at radius 2 is 2.00 bits per heavy atom. The van der Waals surface area contributed by atoms with Gasteiger partial charge in [0.05, 0.1) is 10.0 Å². The lowest BCUT2D eigenvalue weighted by Crippen LogP contribution is -2.39. The molecule has 0 saturated heterocycles. The number of rotatable bonds is 1. The lowest BCUT2D eigenvalue weighted by atomic mass is 9.93. The Bertz CT molecular complexity index is 699. The minimum Gasteiger partial charge on any atom is -0.398 e. The number of nitrogens with zero attached hydrogens (tertiary/aromatic N) is 1. The molecule has 2 aromatic carbocycles. The molecule has 2 N–H and O–H groups in total. The molecule has 1 heterocycles. The second kappa shape index (κ2) is 5.53. The molecular weight excluding hydrogens is 328 g/mol. The van der Waals surface area contributed by atoms with Crippen molar-refractivity contribution in [3.8, 4) is 0 Å². The molecule has 3 rings (SSSR count). The average Bonchev–Trinajstić information content (AvgIpc) is 2.48. The van der Waals surface area contributed by atoms with E-state index in [1.54, 1.807) is 6.07 Å². The molecule has 21 heavy (non-hydrogen) atoms. The van der Waals surface area contributed by atoms with Crippen LogP contribution in [-0.2, 0) is 6.42 Å². The maximum absolute atomic E-state index is 12.9. The smallest absolute Gasteiger partial charge is 0.259 e. The molecule has 4 heteroatoms. The van der Waals surface area contributed by atoms with Crippen molar-refractivity contribution in [2.45, 2.75) is 13.3 Å². The third-order valence-corrected chi connectivity index (χ3v) is 4.73. The number of amides is 1. The minimum absolute atomic E-state index is 0.00632. The SMILES string of the molecule is CC1Cc2ccccc2N(C(=O)c2cccc(N)c2Br)C1. The molecule has 0 radical (unpaired) electrons. The van der Waals surface area contributed by atoms with E-state index in [4.69, 9.17) is 5.73 Å². The van der Waals surface area contributed by atoms with Gasteiger partial charge in [-0.05, 0) is 52.0 Å². The van der Waals surface area contributed by atoms with Gasteiger partial charge in [-0.3, -0.25) is 4.79 Å². The van der Waals surface area contributed by atoms with Crippen molar-refractivity contribution in [1.29, 1.82) is 0 Å². The number of fused-ring (bicyclic) bond motifs is 1. The Kier molecular flexibility index (Phi) is 3.72. The van der Waals surface area contributed by atoms with Gasteiger partial charge in [0.15, 0.2) is 0 Å². The van der Waals surface area contributed by atoms with E-state index >= 15 is 0 Å². The van der Waals surface area contributed by atoms with Crippen LogP contribution in [0.5, 0.6) is 0 Å². The molecule has 1 unspecified atom stereocenters. The summed E-state index contributed by atoms with van der Waals surface area (Å²) in [5, 5.41) is 0. The number of carbonyl (C=O) groups is 1. The molecule has 3 nitrogen and oxygen atoms in total. The Balaban J connectivity index is 2.04. The van der Waals surface area contributed by atoms with Crippen LogP contribution in [0.25, 0.3) is 0 Å². The fourth-order valence-electron chi connectivity index (χ4n) is 2.85. The highest BCUT2D eigenvalue weighted by atomic mass is 79.9. The van der Waals surface area contributed by atoms with Gasteiger partial charge in [-0.15, -0.1) is 0 Å². The molecule has 1 amide bonds. The maximum atomic E-state index is 12.9. The fourth-order valence-corrected chi connectivity index (χ4v) is 3.28. The average molecular weight is 345 g/mol. The number of nitrogen functional groups attached to an aromatic ring is 1. The van der Waals surface area contributed by atoms with E-state index in [2.05, 4.69) is 28.9 Å². The summed E-state index contributed by atoms with van der Waals surface area (Å²) in [6.07, 6.45) is 1.01. The van der Waals surface area contributed by atoms with Crippen molar-refractivity contribution in [3.63, 3.8) is 0 Å². The quantitative estimate of drug-likeness (QED) is 0.798. The van der Waals surface area contributed by atoms with E-state index in [9.17, 15) is 4.79 Å². The number of anilines is 2. The van der Waals surface area contributed by atoms with Crippen molar-refractivity contribution in [2.75, 3.05) is 17.2 Å². The highest BCUT2D eigenvalue weighted by Crippen LogP contribution is 2.32. The zero-order chi connectivity index (χ0) is 15.0. The van der Waals surface area contributed by atoms with Gasteiger partial charge in [-0.1, -0.05) is 31.2 Å². The van der Waals surface area contributed by atoms with Crippen molar-refractivity contribution >= 4 is 33.2 Å². The Labute approximate surface area is 132 Å². The van der Waals surface area contributed by atoms with Crippen LogP contribution in [-0.4, -0.2) is 12.5 Å². The Hall–Kier alpha value is -1.81. The summed E-state index contributed by atoms with van der Waals surface area (Å²) in [4.78, 5) is 14.8. The van der Waals surface area contributed by atoms with Crippen LogP contribution >= 0.6 is 15.9 Å². The Morgan fingerprint density at radius 3 is 2.81 bits per heavy atom. The van der Waals surface area contributed by atoms with Crippen LogP contribution in [0.3, 0.4) is 0 Å². The molecule has 1 aliphatic rings. The summed E-state index contributed by atoms with van der Waals surface area (Å²) in [6, 6.07) is 13.5. The van der Waals surface area contributed by atoms with Gasteiger partial charge in [-0.25, -0.2) is 0 Å². The first kappa shape index (κ1) is 14.1. The Morgan fingerprint density at radius 1 is 1.24 bits per heavy atom. The third kappa shape index (κ3) is 2.56. The number of para-hydroxylation sites is 1. The maximum Gasteiger partial charge on any atom is 0.259 e. The molecule has 1 atom stereocenters. The first-order valence-electron chi connectivity index (χ1n) is 7.01. The zero-order valence-corrected chi connectivity index (χ0v) is 13.4. The van der Waals surface area contributed by atoms with Crippen molar-refractivity contribution < 1.29 is 4.79 Å². The molecule has 0 spiro atoms. The number of benzene rings is 2. The van der Waals surface area contributed by atoms with Gasteiger partial charge in [0, 0.05) is 17.9 Å². The molecule has 2 aromatic rings. The van der Waals surface area contributed by atoms with E-state index in [0.717, 1.165) is 18.7 Å². The topological polar surface area (TPSA) is 46.3 Å². The molecule has 0 fully saturated rings. The normalized spacial score (nSPS) is 17.4. The molecule has 0 bridgehead atoms. The highest BCUT2D eigenvalue weighted by Gasteiger charge is 2.28. The van der Waals surface area contributed by atoms with Gasteiger partial charge < -0.3 is 10.6 Å². The first-order valence-corrected chi connectivity index (χ1v) is 7.81. The molecule has 0 aromatic heterocycles. The predicted molar refractivity (Wildman–Crippen MR) is 89.5 cm³/mol. The number of nitrogens with two attached hydrogens (primary N) is 1. The van der Waals surface area contributed by atoms with E-state index < -0.39 is 0 Å². The van der Waals surface area contributed by atoms with E-state index in [-0.39, 0.29) is 5.91 Å². The van der Waals surface area contributed by atoms with E-state index in [1.165, 1.54) is 5.56 Å². The van der Waals surface area contributed by atoms with E-state index in [0.29, 0.717) is 21.6 Å². The van der Waals surface area contributed by atoms with Gasteiger partial charge in [-0.2, -0.15) is 0 Å². The standard InChI is InChI=1S/C17H17BrN2O/c1-11-9-12-5-2-3-8-15(12)20(10-11)17(21)13-6-4-7-14(19)16(13)18/h2-8,11H,9-10,19H2,1H3. The second-order valence-electron chi connectivity index (χ2n) is 5.56. The molecule has 0 saturated carbocycles. The van der Waals surface area contributed by atoms with Gasteiger partial charge in [0.2, 0.25) is 0 Å². The van der Waals surface area contributed by atoms with Crippen LogP contribution in [0, 0.1) is 5.92 Å². The number of halogens is 1. The second-order valence-corrected chi connectivity index (χ2v) is 6.36. The molecule has 1 aliphatic heterocycles. The third-order valence-electron chi connectivity index (χ3n) is 3.85. The van der Waals surface area contributed by atoms with Crippen LogP contribution in [0.15, 0.2) is 46.9 Å². The van der Waals surface area contributed by atoms with Crippen molar-refractivity contribution in [1.82, 2.24) is 0 Å². The summed E-state index contributed by atoms with van der Waals surface area (Å²) in [6.45, 7) is 2.90. The van der Waals surface area contributed by atoms with Crippen LogP contribution in [0.2, 0.25) is 0 Å². The molecule has 108 valence electrons. The molecule has 0 aliphatic carbocycles. The van der Waals surface area contributed by atoms with Crippen LogP contribution in [0.4, 0.5) is 11.4 Å². The summed E-state index contributed by atoms with van der Waals surface area (Å²) >= 11 is 3.43. The van der Waals surface area contributed by atoms with Gasteiger partial charge >= 0.3 is 0 Å². The minimum atomic E-state index is -0.00632. The molecular formula is C17H17BrN2O. The van der Waals surface area contributed by atoms with Crippen molar-refractivity contribution in [2.24, 2.45) is 5.92 Å². The number of carbonyl (C=O) groups excluding carboxylic acids is 1. The van der Waals surface area contributed by atoms with Crippen LogP contribution < -0.4 is 10.6 Å². The van der Waals surface area contributed by atoms with Gasteiger partial charge in [0.1, 0.15) is 0 Å². The number of hydrogen-bond acceptors (Lipinski definition) is 2. The van der Waals surface area contributed by atoms with Crippen molar-refractivity contribution in [3.05, 3.63) is 58.1 Å². The van der Waals surface area contributed by atoms with Crippen LogP contribution in [0.1, 0.15) is 22.8 Å². The summed E-state index contributed by atoms with van der Waals surface area (Å²) < 4.78 is 0.672. The van der Waals surface area contributed by atoms with E-state index in [1.807, 2.05) is 35.2 Å². The zero-order valence-electron chi connectivity index (χ0n) is 11.8. The number of hydrogen-bond donors (Lipinski definition) is 1. The predicted octanol–water partition coefficient (Wildman–Crippen LogP) is 3.87. The lowest BCUT2D eigenvalue weighted by molar-refractivity contribution is 0.0980. The highest BCUT2D eigenvalue weighted by molar-refractivity contribution is 9.10. The monoisotopic (exact) mass is 344 g/mol. The van der Waals surface area contributed by atoms with Gasteiger partial charge in [0.25, 0.3) is 5.91 Å².